The number of ether oxygens (including phenoxy) is 4. The first-order valence-corrected chi connectivity index (χ1v) is 21.9. The van der Waals surface area contributed by atoms with Crippen LogP contribution in [0.2, 0.25) is 0 Å². The molecule has 0 aliphatic carbocycles. The number of phenols is 2. The first kappa shape index (κ1) is 38.5. The average Bonchev–Trinajstić information content (AvgIpc) is 3.19. The Hall–Kier alpha value is -3.26. The predicted octanol–water partition coefficient (Wildman–Crippen LogP) is 7.74. The Kier molecular flexibility index (Phi) is 13.8. The molecule has 0 amide bonds. The van der Waals surface area contributed by atoms with E-state index in [9.17, 15) is 18.3 Å². The zero-order chi connectivity index (χ0) is 36.3. The first-order valence-electron chi connectivity index (χ1n) is 17.2. The lowest BCUT2D eigenvalue weighted by Crippen LogP contribution is -2.26. The molecule has 0 saturated carbocycles. The van der Waals surface area contributed by atoms with Crippen LogP contribution in [0.15, 0.2) is 112 Å². The Morgan fingerprint density at radius 1 is 0.519 bits per heavy atom. The highest BCUT2D eigenvalue weighted by atomic mass is 32.2. The van der Waals surface area contributed by atoms with Gasteiger partial charge in [-0.3, -0.25) is 0 Å². The highest BCUT2D eigenvalue weighted by molar-refractivity contribution is 7.97. The van der Waals surface area contributed by atoms with Crippen LogP contribution in [0.5, 0.6) is 17.2 Å². The van der Waals surface area contributed by atoms with Crippen molar-refractivity contribution in [2.45, 2.75) is 20.9 Å². The van der Waals surface area contributed by atoms with E-state index in [0.29, 0.717) is 22.4 Å². The largest absolute Gasteiger partial charge is 0.508 e. The Morgan fingerprint density at radius 2 is 0.962 bits per heavy atom. The van der Waals surface area contributed by atoms with Crippen LogP contribution in [-0.2, 0) is 46.9 Å². The van der Waals surface area contributed by atoms with Gasteiger partial charge in [0, 0.05) is 54.2 Å². The van der Waals surface area contributed by atoms with Crippen molar-refractivity contribution in [1.29, 1.82) is 0 Å². The number of rotatable bonds is 5. The maximum absolute atomic E-state index is 12.4. The van der Waals surface area contributed by atoms with Crippen molar-refractivity contribution in [2.24, 2.45) is 0 Å². The summed E-state index contributed by atoms with van der Waals surface area (Å²) < 4.78 is 58.2. The van der Waals surface area contributed by atoms with Crippen LogP contribution < -0.4 is 4.74 Å². The van der Waals surface area contributed by atoms with E-state index >= 15 is 0 Å². The van der Waals surface area contributed by atoms with Crippen molar-refractivity contribution in [3.8, 4) is 17.2 Å². The molecule has 0 radical (unpaired) electrons. The van der Waals surface area contributed by atoms with Crippen molar-refractivity contribution in [1.82, 2.24) is 0 Å². The number of halogens is 3. The second-order valence-electron chi connectivity index (χ2n) is 12.2. The monoisotopic (exact) mass is 773 g/mol. The summed E-state index contributed by atoms with van der Waals surface area (Å²) in [4.78, 5) is 3.92. The predicted molar refractivity (Wildman–Crippen MR) is 208 cm³/mol. The highest BCUT2D eigenvalue weighted by Crippen LogP contribution is 2.34. The fraction of sp³-hybridized carbons (Fsp3) is 0.350. The molecule has 8 rings (SSSR count). The lowest BCUT2D eigenvalue weighted by atomic mass is 10.1. The van der Waals surface area contributed by atoms with Gasteiger partial charge in [-0.05, 0) is 60.7 Å². The molecule has 3 heterocycles. The summed E-state index contributed by atoms with van der Waals surface area (Å²) in [5.74, 6) is 7.41. The van der Waals surface area contributed by atoms with E-state index in [2.05, 4.69) is 12.1 Å². The molecule has 0 bridgehead atoms. The maximum Gasteiger partial charge on any atom is 0.422 e. The van der Waals surface area contributed by atoms with Crippen LogP contribution >= 0.6 is 0 Å². The van der Waals surface area contributed by atoms with Gasteiger partial charge in [0.2, 0.25) is 0 Å². The summed E-state index contributed by atoms with van der Waals surface area (Å²) in [6, 6.07) is 30.6. The van der Waals surface area contributed by atoms with Crippen LogP contribution in [0.1, 0.15) is 0 Å². The molecule has 0 atom stereocenters. The Bertz CT molecular complexity index is 1870. The second-order valence-corrected chi connectivity index (χ2v) is 18.9. The summed E-state index contributed by atoms with van der Waals surface area (Å²) in [6.45, 7) is 3.69. The van der Waals surface area contributed by atoms with E-state index < -0.39 is 12.8 Å². The molecule has 6 nitrogen and oxygen atoms in total. The van der Waals surface area contributed by atoms with Gasteiger partial charge < -0.3 is 29.2 Å². The molecule has 12 heteroatoms. The Balaban J connectivity index is 0.000000139. The molecule has 3 aliphatic rings. The Morgan fingerprint density at radius 3 is 1.48 bits per heavy atom. The minimum absolute atomic E-state index is 0.0853. The van der Waals surface area contributed by atoms with Crippen LogP contribution in [-0.4, -0.2) is 97.2 Å². The zero-order valence-corrected chi connectivity index (χ0v) is 31.3. The number of fused-ring (bicyclic) bond motifs is 2. The minimum atomic E-state index is -4.33. The van der Waals surface area contributed by atoms with E-state index in [4.69, 9.17) is 24.1 Å². The first-order chi connectivity index (χ1) is 25.3. The number of phenolic OH excluding ortho intramolecular Hbond substituents is 2. The molecule has 3 fully saturated rings. The number of aromatic hydroxyl groups is 2. The zero-order valence-electron chi connectivity index (χ0n) is 28.8. The minimum Gasteiger partial charge on any atom is -0.508 e. The standard InChI is InChI=1S/C16H16F3O2S.C14H14O2S.C10H12O2S/c17-16(18,19)11-21-14-5-6-15(22-9-7-20-8-10-22)13-4-2-1-3-12(13)14;15-13-5-6-14(17-9-7-16-8-10-17)12-4-2-1-3-11(12)13;11-9-1-3-10(4-2-9)13-7-5-12-6-8-13/h1-6H,7-11H2;1-6H,7-10H2;1-4H,5-8H2/q+1;;/p+2. The van der Waals surface area contributed by atoms with Gasteiger partial charge in [0.05, 0.1) is 39.6 Å². The molecule has 2 N–H and O–H groups in total. The molecule has 0 aromatic heterocycles. The quantitative estimate of drug-likeness (QED) is 0.178. The summed E-state index contributed by atoms with van der Waals surface area (Å²) in [7, 11) is 0.706. The van der Waals surface area contributed by atoms with Gasteiger partial charge >= 0.3 is 6.18 Å². The molecular weight excluding hydrogens is 730 g/mol. The van der Waals surface area contributed by atoms with Crippen LogP contribution in [0.3, 0.4) is 0 Å². The smallest absolute Gasteiger partial charge is 0.422 e. The number of hydrogen-bond acceptors (Lipinski definition) is 6. The van der Waals surface area contributed by atoms with Crippen LogP contribution in [0.4, 0.5) is 13.2 Å². The second kappa shape index (κ2) is 18.7. The van der Waals surface area contributed by atoms with Gasteiger partial charge in [0.15, 0.2) is 21.3 Å². The van der Waals surface area contributed by atoms with Crippen molar-refractivity contribution in [2.75, 3.05) is 80.8 Å². The van der Waals surface area contributed by atoms with Gasteiger partial charge in [-0.15, -0.1) is 0 Å². The normalized spacial score (nSPS) is 17.5. The third-order valence-corrected chi connectivity index (χ3v) is 15.6. The van der Waals surface area contributed by atoms with Gasteiger partial charge in [-0.2, -0.15) is 13.2 Å². The van der Waals surface area contributed by atoms with Crippen molar-refractivity contribution < 1.29 is 42.3 Å². The average molecular weight is 774 g/mol. The van der Waals surface area contributed by atoms with E-state index in [1.165, 1.54) is 20.1 Å². The van der Waals surface area contributed by atoms with E-state index in [1.54, 1.807) is 18.2 Å². The van der Waals surface area contributed by atoms with Crippen molar-refractivity contribution in [3.63, 3.8) is 0 Å². The third kappa shape index (κ3) is 10.4. The molecule has 0 spiro atoms. The van der Waals surface area contributed by atoms with Gasteiger partial charge in [-0.1, -0.05) is 36.4 Å². The molecule has 0 unspecified atom stereocenters. The summed E-state index contributed by atoms with van der Waals surface area (Å²) in [5.41, 5.74) is 0. The molecule has 5 aromatic rings. The number of alkyl halides is 3. The van der Waals surface area contributed by atoms with E-state index in [-0.39, 0.29) is 27.5 Å². The fourth-order valence-electron chi connectivity index (χ4n) is 6.17. The molecular formula is C40H44F3O6S3+3. The Labute approximate surface area is 311 Å². The molecule has 5 aromatic carbocycles. The maximum atomic E-state index is 12.4. The highest BCUT2D eigenvalue weighted by Gasteiger charge is 2.31. The summed E-state index contributed by atoms with van der Waals surface area (Å²) in [6.07, 6.45) is -4.33. The van der Waals surface area contributed by atoms with Gasteiger partial charge in [0.25, 0.3) is 0 Å². The molecule has 276 valence electrons. The van der Waals surface area contributed by atoms with Gasteiger partial charge in [0.1, 0.15) is 51.8 Å². The fourth-order valence-corrected chi connectivity index (χ4v) is 12.1. The van der Waals surface area contributed by atoms with Crippen molar-refractivity contribution in [3.05, 3.63) is 97.1 Å². The topological polar surface area (TPSA) is 77.4 Å². The number of hydrogen-bond donors (Lipinski definition) is 2. The van der Waals surface area contributed by atoms with Crippen LogP contribution in [0, 0.1) is 0 Å². The van der Waals surface area contributed by atoms with Gasteiger partial charge in [-0.25, -0.2) is 0 Å². The SMILES string of the molecule is FC(F)(F)COc1ccc([S+]2CCOCC2)c2ccccc12.Oc1ccc([S+]2CCOCC2)c2ccccc12.Oc1ccc([S+]2CCOCC2)cc1. The summed E-state index contributed by atoms with van der Waals surface area (Å²) >= 11 is 0. The molecule has 52 heavy (non-hydrogen) atoms. The van der Waals surface area contributed by atoms with Crippen molar-refractivity contribution >= 4 is 54.2 Å². The molecule has 3 saturated heterocycles. The lowest BCUT2D eigenvalue weighted by Gasteiger charge is -2.17. The van der Waals surface area contributed by atoms with E-state index in [1.807, 2.05) is 66.7 Å². The van der Waals surface area contributed by atoms with Crippen LogP contribution in [0.25, 0.3) is 21.5 Å². The summed E-state index contributed by atoms with van der Waals surface area (Å²) in [5, 5.41) is 22.9. The van der Waals surface area contributed by atoms with E-state index in [0.717, 1.165) is 90.3 Å². The molecule has 3 aliphatic heterocycles. The lowest BCUT2D eigenvalue weighted by molar-refractivity contribution is -0.153. The number of benzene rings is 5. The third-order valence-electron chi connectivity index (χ3n) is 8.73.